The number of unbranched alkanes of at least 4 members (excludes halogenated alkanes) is 1. The number of anilines is 2. The number of halogens is 1. The van der Waals surface area contributed by atoms with Gasteiger partial charge in [-0.1, -0.05) is 51.2 Å². The highest BCUT2D eigenvalue weighted by atomic mass is 32.2. The fourth-order valence-electron chi connectivity index (χ4n) is 4.99. The minimum atomic E-state index is -0.302. The highest BCUT2D eigenvalue weighted by Gasteiger charge is 2.34. The Hall–Kier alpha value is -3.16. The molecule has 3 heterocycles. The Labute approximate surface area is 238 Å². The summed E-state index contributed by atoms with van der Waals surface area (Å²) >= 11 is 6.78. The zero-order valence-corrected chi connectivity index (χ0v) is 24.5. The van der Waals surface area contributed by atoms with E-state index in [1.54, 1.807) is 28.5 Å². The van der Waals surface area contributed by atoms with Crippen LogP contribution in [0.5, 0.6) is 0 Å². The SMILES string of the molecule is CCCCn1c(N2CCN(c3ccc(F)cc3)CC2)c(/C=C2\SC(=S)N(CC(C)C)C2=O)c(C)c(C#N)c1=O. The zero-order chi connectivity index (χ0) is 28.3. The average molecular weight is 568 g/mol. The van der Waals surface area contributed by atoms with Gasteiger partial charge in [-0.05, 0) is 55.2 Å². The monoisotopic (exact) mass is 567 g/mol. The molecule has 0 unspecified atom stereocenters. The van der Waals surface area contributed by atoms with Crippen molar-refractivity contribution in [3.8, 4) is 6.07 Å². The number of thiocarbonyl (C=S) groups is 1. The van der Waals surface area contributed by atoms with E-state index >= 15 is 0 Å². The van der Waals surface area contributed by atoms with Gasteiger partial charge >= 0.3 is 0 Å². The van der Waals surface area contributed by atoms with Crippen molar-refractivity contribution >= 4 is 51.8 Å². The third-order valence-electron chi connectivity index (χ3n) is 7.05. The first-order chi connectivity index (χ1) is 18.7. The molecule has 1 aromatic heterocycles. The normalized spacial score (nSPS) is 17.1. The molecule has 0 aliphatic carbocycles. The molecule has 1 amide bonds. The smallest absolute Gasteiger partial charge is 0.270 e. The number of hydrogen-bond donors (Lipinski definition) is 0. The highest BCUT2D eigenvalue weighted by Crippen LogP contribution is 2.36. The molecule has 2 aromatic rings. The second-order valence-corrected chi connectivity index (χ2v) is 12.0. The van der Waals surface area contributed by atoms with Gasteiger partial charge < -0.3 is 9.80 Å². The molecule has 10 heteroatoms. The molecule has 1 aromatic carbocycles. The summed E-state index contributed by atoms with van der Waals surface area (Å²) in [5.74, 6) is 0.587. The van der Waals surface area contributed by atoms with E-state index in [1.807, 2.05) is 19.9 Å². The number of benzene rings is 1. The quantitative estimate of drug-likeness (QED) is 0.323. The first-order valence-electron chi connectivity index (χ1n) is 13.3. The Balaban J connectivity index is 1.78. The third-order valence-corrected chi connectivity index (χ3v) is 8.43. The molecule has 206 valence electrons. The molecule has 7 nitrogen and oxygen atoms in total. The Kier molecular flexibility index (Phi) is 9.13. The Bertz CT molecular complexity index is 1390. The van der Waals surface area contributed by atoms with Crippen LogP contribution in [0.25, 0.3) is 6.08 Å². The van der Waals surface area contributed by atoms with Crippen LogP contribution in [-0.2, 0) is 11.3 Å². The molecule has 4 rings (SSSR count). The molecule has 0 bridgehead atoms. The van der Waals surface area contributed by atoms with Crippen molar-refractivity contribution in [2.24, 2.45) is 5.92 Å². The van der Waals surface area contributed by atoms with Crippen molar-refractivity contribution < 1.29 is 9.18 Å². The lowest BCUT2D eigenvalue weighted by Gasteiger charge is -2.39. The fourth-order valence-corrected chi connectivity index (χ4v) is 6.25. The van der Waals surface area contributed by atoms with E-state index in [0.717, 1.165) is 24.3 Å². The van der Waals surface area contributed by atoms with Gasteiger partial charge in [-0.25, -0.2) is 4.39 Å². The van der Waals surface area contributed by atoms with E-state index in [1.165, 1.54) is 23.9 Å². The number of rotatable bonds is 8. The van der Waals surface area contributed by atoms with Crippen molar-refractivity contribution in [2.45, 2.75) is 47.1 Å². The maximum absolute atomic E-state index is 13.5. The first-order valence-corrected chi connectivity index (χ1v) is 14.6. The van der Waals surface area contributed by atoms with Crippen LogP contribution in [0.1, 0.15) is 50.3 Å². The van der Waals surface area contributed by atoms with E-state index in [0.29, 0.717) is 59.6 Å². The standard InChI is InChI=1S/C29H34FN5O2S2/c1-5-6-11-34-26(33-14-12-32(13-15-33)22-9-7-21(30)8-10-22)23(20(4)24(17-31)27(34)36)16-25-28(37)35(18-19(2)3)29(38)39-25/h7-10,16,19H,5-6,11-15,18H2,1-4H3/b25-16-. The van der Waals surface area contributed by atoms with Crippen LogP contribution >= 0.6 is 24.0 Å². The predicted molar refractivity (Wildman–Crippen MR) is 161 cm³/mol. The molecule has 0 saturated carbocycles. The predicted octanol–water partition coefficient (Wildman–Crippen LogP) is 5.15. The van der Waals surface area contributed by atoms with Crippen LogP contribution in [0.3, 0.4) is 0 Å². The number of nitriles is 1. The molecular formula is C29H34FN5O2S2. The number of piperazine rings is 1. The molecule has 39 heavy (non-hydrogen) atoms. The zero-order valence-electron chi connectivity index (χ0n) is 22.9. The van der Waals surface area contributed by atoms with E-state index < -0.39 is 0 Å². The van der Waals surface area contributed by atoms with E-state index in [9.17, 15) is 19.2 Å². The van der Waals surface area contributed by atoms with E-state index in [4.69, 9.17) is 12.2 Å². The topological polar surface area (TPSA) is 72.6 Å². The number of thioether (sulfide) groups is 1. The van der Waals surface area contributed by atoms with Crippen molar-refractivity contribution in [1.82, 2.24) is 9.47 Å². The number of hydrogen-bond acceptors (Lipinski definition) is 7. The number of nitrogens with zero attached hydrogens (tertiary/aromatic N) is 5. The molecule has 2 aliphatic rings. The summed E-state index contributed by atoms with van der Waals surface area (Å²) in [6.45, 7) is 11.6. The average Bonchev–Trinajstić information content (AvgIpc) is 3.17. The van der Waals surface area contributed by atoms with Crippen LogP contribution in [0.2, 0.25) is 0 Å². The number of aromatic nitrogens is 1. The van der Waals surface area contributed by atoms with Gasteiger partial charge in [0.05, 0.1) is 4.91 Å². The summed E-state index contributed by atoms with van der Waals surface area (Å²) in [5.41, 5.74) is 2.03. The molecule has 0 atom stereocenters. The summed E-state index contributed by atoms with van der Waals surface area (Å²) in [5, 5.41) is 9.92. The van der Waals surface area contributed by atoms with Crippen LogP contribution in [0, 0.1) is 30.0 Å². The van der Waals surface area contributed by atoms with Gasteiger partial charge in [0.25, 0.3) is 11.5 Å². The number of carbonyl (C=O) groups excluding carboxylic acids is 1. The Morgan fingerprint density at radius 3 is 2.36 bits per heavy atom. The van der Waals surface area contributed by atoms with Gasteiger partial charge in [-0.2, -0.15) is 5.26 Å². The maximum Gasteiger partial charge on any atom is 0.270 e. The molecule has 2 aliphatic heterocycles. The van der Waals surface area contributed by atoms with Crippen LogP contribution in [0.15, 0.2) is 34.0 Å². The molecule has 2 saturated heterocycles. The Morgan fingerprint density at radius 1 is 1.13 bits per heavy atom. The second kappa shape index (κ2) is 12.3. The lowest BCUT2D eigenvalue weighted by atomic mass is 10.0. The highest BCUT2D eigenvalue weighted by molar-refractivity contribution is 8.26. The van der Waals surface area contributed by atoms with Gasteiger partial charge in [0.15, 0.2) is 0 Å². The molecule has 0 radical (unpaired) electrons. The van der Waals surface area contributed by atoms with Gasteiger partial charge in [0.1, 0.15) is 27.6 Å². The van der Waals surface area contributed by atoms with Gasteiger partial charge in [0.2, 0.25) is 0 Å². The largest absolute Gasteiger partial charge is 0.368 e. The minimum absolute atomic E-state index is 0.101. The summed E-state index contributed by atoms with van der Waals surface area (Å²) in [7, 11) is 0. The molecule has 0 spiro atoms. The van der Waals surface area contributed by atoms with Crippen LogP contribution < -0.4 is 15.4 Å². The number of carbonyl (C=O) groups is 1. The maximum atomic E-state index is 13.5. The number of amides is 1. The second-order valence-electron chi connectivity index (χ2n) is 10.3. The fraction of sp³-hybridized carbons (Fsp3) is 0.448. The van der Waals surface area contributed by atoms with Gasteiger partial charge in [0, 0.05) is 50.5 Å². The van der Waals surface area contributed by atoms with Crippen LogP contribution in [-0.4, -0.2) is 52.4 Å². The van der Waals surface area contributed by atoms with Crippen LogP contribution in [0.4, 0.5) is 15.9 Å². The number of pyridine rings is 1. The molecule has 2 fully saturated rings. The summed E-state index contributed by atoms with van der Waals surface area (Å²) in [6.07, 6.45) is 3.49. The summed E-state index contributed by atoms with van der Waals surface area (Å²) in [6, 6.07) is 8.59. The van der Waals surface area contributed by atoms with Crippen molar-refractivity contribution in [2.75, 3.05) is 42.5 Å². The molecular weight excluding hydrogens is 533 g/mol. The van der Waals surface area contributed by atoms with E-state index in [2.05, 4.69) is 22.8 Å². The van der Waals surface area contributed by atoms with E-state index in [-0.39, 0.29) is 28.8 Å². The van der Waals surface area contributed by atoms with Gasteiger partial charge in [-0.15, -0.1) is 0 Å². The lowest BCUT2D eigenvalue weighted by Crippen LogP contribution is -2.48. The summed E-state index contributed by atoms with van der Waals surface area (Å²) < 4.78 is 15.7. The van der Waals surface area contributed by atoms with Gasteiger partial charge in [-0.3, -0.25) is 19.1 Å². The minimum Gasteiger partial charge on any atom is -0.368 e. The first kappa shape index (κ1) is 28.8. The van der Waals surface area contributed by atoms with Crippen molar-refractivity contribution in [1.29, 1.82) is 5.26 Å². The summed E-state index contributed by atoms with van der Waals surface area (Å²) in [4.78, 5) is 33.4. The van der Waals surface area contributed by atoms with Crippen molar-refractivity contribution in [3.05, 3.63) is 62.0 Å². The lowest BCUT2D eigenvalue weighted by molar-refractivity contribution is -0.122. The van der Waals surface area contributed by atoms with Crippen molar-refractivity contribution in [3.63, 3.8) is 0 Å². The third kappa shape index (κ3) is 6.04. The Morgan fingerprint density at radius 2 is 1.77 bits per heavy atom. The molecule has 0 N–H and O–H groups in total.